The van der Waals surface area contributed by atoms with Crippen LogP contribution in [-0.4, -0.2) is 70.9 Å². The molecule has 2 heterocycles. The van der Waals surface area contributed by atoms with E-state index in [0.717, 1.165) is 25.9 Å². The average Bonchev–Trinajstić information content (AvgIpc) is 3.03. The molecular weight excluding hydrogens is 282 g/mol. The van der Waals surface area contributed by atoms with E-state index in [-0.39, 0.29) is 17.9 Å². The van der Waals surface area contributed by atoms with Crippen molar-refractivity contribution in [2.75, 3.05) is 33.7 Å². The van der Waals surface area contributed by atoms with Gasteiger partial charge in [-0.3, -0.25) is 9.59 Å². The van der Waals surface area contributed by atoms with Gasteiger partial charge in [0.25, 0.3) is 5.91 Å². The van der Waals surface area contributed by atoms with E-state index < -0.39 is 0 Å². The quantitative estimate of drug-likeness (QED) is 0.775. The molecule has 1 aromatic rings. The van der Waals surface area contributed by atoms with Crippen LogP contribution in [0, 0.1) is 0 Å². The molecule has 0 bridgehead atoms. The van der Waals surface area contributed by atoms with Crippen LogP contribution in [0.15, 0.2) is 12.5 Å². The van der Waals surface area contributed by atoms with Crippen molar-refractivity contribution < 1.29 is 9.59 Å². The fraction of sp³-hybridized carbons (Fsp3) is 0.667. The number of nitrogens with one attached hydrogen (secondary N) is 1. The first kappa shape index (κ1) is 16.5. The van der Waals surface area contributed by atoms with Crippen molar-refractivity contribution in [2.24, 2.45) is 7.05 Å². The highest BCUT2D eigenvalue weighted by molar-refractivity contribution is 5.91. The van der Waals surface area contributed by atoms with Gasteiger partial charge in [0.15, 0.2) is 0 Å². The van der Waals surface area contributed by atoms with E-state index in [9.17, 15) is 9.59 Å². The molecule has 1 aromatic heterocycles. The SMILES string of the molecule is CN(C)CCN1C(=O)CC[C@@H]1CCNC(=O)c1cn(C)cn1. The van der Waals surface area contributed by atoms with Gasteiger partial charge in [-0.2, -0.15) is 0 Å². The maximum atomic E-state index is 11.9. The lowest BCUT2D eigenvalue weighted by Gasteiger charge is -2.26. The summed E-state index contributed by atoms with van der Waals surface area (Å²) in [4.78, 5) is 31.9. The molecule has 0 aliphatic carbocycles. The maximum Gasteiger partial charge on any atom is 0.271 e. The predicted octanol–water partition coefficient (Wildman–Crippen LogP) is 0.0926. The van der Waals surface area contributed by atoms with Gasteiger partial charge >= 0.3 is 0 Å². The van der Waals surface area contributed by atoms with Gasteiger partial charge in [-0.15, -0.1) is 0 Å². The molecule has 0 aromatic carbocycles. The van der Waals surface area contributed by atoms with E-state index in [1.54, 1.807) is 17.1 Å². The fourth-order valence-corrected chi connectivity index (χ4v) is 2.68. The minimum Gasteiger partial charge on any atom is -0.351 e. The lowest BCUT2D eigenvalue weighted by molar-refractivity contribution is -0.129. The summed E-state index contributed by atoms with van der Waals surface area (Å²) >= 11 is 0. The fourth-order valence-electron chi connectivity index (χ4n) is 2.68. The molecule has 1 fully saturated rings. The third-order valence-corrected chi connectivity index (χ3v) is 3.94. The van der Waals surface area contributed by atoms with E-state index in [1.165, 1.54) is 0 Å². The third kappa shape index (κ3) is 4.30. The van der Waals surface area contributed by atoms with E-state index in [2.05, 4.69) is 15.2 Å². The molecular formula is C15H25N5O2. The van der Waals surface area contributed by atoms with Crippen LogP contribution < -0.4 is 5.32 Å². The molecule has 2 rings (SSSR count). The number of likely N-dealkylation sites (N-methyl/N-ethyl adjacent to an activating group) is 1. The molecule has 0 unspecified atom stereocenters. The Morgan fingerprint density at radius 2 is 2.27 bits per heavy atom. The summed E-state index contributed by atoms with van der Waals surface area (Å²) in [5.74, 6) is 0.0627. The van der Waals surface area contributed by atoms with Crippen LogP contribution in [0.2, 0.25) is 0 Å². The van der Waals surface area contributed by atoms with Gasteiger partial charge in [0, 0.05) is 45.3 Å². The van der Waals surface area contributed by atoms with Crippen molar-refractivity contribution in [3.05, 3.63) is 18.2 Å². The monoisotopic (exact) mass is 307 g/mol. The second kappa shape index (κ2) is 7.40. The summed E-state index contributed by atoms with van der Waals surface area (Å²) in [6, 6.07) is 0.233. The molecule has 0 saturated carbocycles. The minimum atomic E-state index is -0.162. The largest absolute Gasteiger partial charge is 0.351 e. The number of rotatable bonds is 7. The van der Waals surface area contributed by atoms with Crippen molar-refractivity contribution >= 4 is 11.8 Å². The number of nitrogens with zero attached hydrogens (tertiary/aromatic N) is 4. The zero-order valence-electron chi connectivity index (χ0n) is 13.6. The number of carbonyl (C=O) groups is 2. The van der Waals surface area contributed by atoms with E-state index in [0.29, 0.717) is 18.7 Å². The zero-order valence-corrected chi connectivity index (χ0v) is 13.6. The first-order valence-electron chi connectivity index (χ1n) is 7.67. The lowest BCUT2D eigenvalue weighted by atomic mass is 10.1. The first-order valence-corrected chi connectivity index (χ1v) is 7.67. The molecule has 122 valence electrons. The molecule has 7 heteroatoms. The number of hydrogen-bond acceptors (Lipinski definition) is 4. The molecule has 7 nitrogen and oxygen atoms in total. The molecule has 2 amide bonds. The molecule has 1 aliphatic rings. The standard InChI is InChI=1S/C15H25N5O2/c1-18(2)8-9-20-12(4-5-14(20)21)6-7-16-15(22)13-10-19(3)11-17-13/h10-12H,4-9H2,1-3H3,(H,16,22)/t12-/m1/s1. The smallest absolute Gasteiger partial charge is 0.271 e. The van der Waals surface area contributed by atoms with Gasteiger partial charge in [-0.1, -0.05) is 0 Å². The van der Waals surface area contributed by atoms with Crippen molar-refractivity contribution in [1.29, 1.82) is 0 Å². The maximum absolute atomic E-state index is 11.9. The summed E-state index contributed by atoms with van der Waals surface area (Å²) < 4.78 is 1.74. The number of aromatic nitrogens is 2. The number of hydrogen-bond donors (Lipinski definition) is 1. The van der Waals surface area contributed by atoms with Crippen molar-refractivity contribution in [2.45, 2.75) is 25.3 Å². The van der Waals surface area contributed by atoms with Gasteiger partial charge in [0.2, 0.25) is 5.91 Å². The summed E-state index contributed by atoms with van der Waals surface area (Å²) in [6.45, 7) is 2.18. The molecule has 1 atom stereocenters. The molecule has 1 saturated heterocycles. The van der Waals surface area contributed by atoms with E-state index in [4.69, 9.17) is 0 Å². The molecule has 0 radical (unpaired) electrons. The minimum absolute atomic E-state index is 0.162. The Morgan fingerprint density at radius 1 is 1.50 bits per heavy atom. The van der Waals surface area contributed by atoms with Crippen LogP contribution in [0.1, 0.15) is 29.8 Å². The molecule has 22 heavy (non-hydrogen) atoms. The Bertz CT molecular complexity index is 526. The Morgan fingerprint density at radius 3 is 2.91 bits per heavy atom. The lowest BCUT2D eigenvalue weighted by Crippen LogP contribution is -2.40. The first-order chi connectivity index (χ1) is 10.5. The van der Waals surface area contributed by atoms with Crippen LogP contribution in [0.4, 0.5) is 0 Å². The van der Waals surface area contributed by atoms with Gasteiger partial charge < -0.3 is 19.7 Å². The second-order valence-corrected chi connectivity index (χ2v) is 6.05. The number of likely N-dealkylation sites (tertiary alicyclic amines) is 1. The van der Waals surface area contributed by atoms with Gasteiger partial charge in [0.05, 0.1) is 6.33 Å². The van der Waals surface area contributed by atoms with Gasteiger partial charge in [-0.25, -0.2) is 4.98 Å². The van der Waals surface area contributed by atoms with Crippen molar-refractivity contribution in [3.8, 4) is 0 Å². The van der Waals surface area contributed by atoms with Gasteiger partial charge in [-0.05, 0) is 26.9 Å². The van der Waals surface area contributed by atoms with Crippen LogP contribution in [0.25, 0.3) is 0 Å². The molecule has 1 aliphatic heterocycles. The Balaban J connectivity index is 1.77. The summed E-state index contributed by atoms with van der Waals surface area (Å²) in [5.41, 5.74) is 0.425. The number of amides is 2. The number of imidazole rings is 1. The van der Waals surface area contributed by atoms with Crippen LogP contribution in [-0.2, 0) is 11.8 Å². The summed E-state index contributed by atoms with van der Waals surface area (Å²) in [7, 11) is 5.84. The number of aryl methyl sites for hydroxylation is 1. The topological polar surface area (TPSA) is 70.5 Å². The zero-order chi connectivity index (χ0) is 16.1. The molecule has 0 spiro atoms. The Kier molecular flexibility index (Phi) is 5.54. The summed E-state index contributed by atoms with van der Waals surface area (Å²) in [5, 5.41) is 2.88. The third-order valence-electron chi connectivity index (χ3n) is 3.94. The summed E-state index contributed by atoms with van der Waals surface area (Å²) in [6.07, 6.45) is 5.58. The van der Waals surface area contributed by atoms with Crippen LogP contribution in [0.3, 0.4) is 0 Å². The van der Waals surface area contributed by atoms with Gasteiger partial charge in [0.1, 0.15) is 5.69 Å². The normalized spacial score (nSPS) is 18.3. The van der Waals surface area contributed by atoms with Crippen molar-refractivity contribution in [1.82, 2.24) is 24.7 Å². The molecule has 1 N–H and O–H groups in total. The van der Waals surface area contributed by atoms with E-state index >= 15 is 0 Å². The highest BCUT2D eigenvalue weighted by Gasteiger charge is 2.30. The van der Waals surface area contributed by atoms with Crippen molar-refractivity contribution in [3.63, 3.8) is 0 Å². The Labute approximate surface area is 131 Å². The van der Waals surface area contributed by atoms with E-state index in [1.807, 2.05) is 26.0 Å². The highest BCUT2D eigenvalue weighted by atomic mass is 16.2. The highest BCUT2D eigenvalue weighted by Crippen LogP contribution is 2.20. The second-order valence-electron chi connectivity index (χ2n) is 6.05. The van der Waals surface area contributed by atoms with Crippen LogP contribution >= 0.6 is 0 Å². The van der Waals surface area contributed by atoms with Crippen LogP contribution in [0.5, 0.6) is 0 Å². The Hall–Kier alpha value is -1.89. The number of carbonyl (C=O) groups excluding carboxylic acids is 2. The predicted molar refractivity (Wildman–Crippen MR) is 83.4 cm³/mol. The average molecular weight is 307 g/mol.